The zero-order valence-electron chi connectivity index (χ0n) is 37.6. The van der Waals surface area contributed by atoms with E-state index in [-0.39, 0.29) is 11.8 Å². The Morgan fingerprint density at radius 2 is 0.759 bits per heavy atom. The molecule has 3 N–H and O–H groups in total. The summed E-state index contributed by atoms with van der Waals surface area (Å²) in [6.45, 7) is 5.04. The van der Waals surface area contributed by atoms with Crippen molar-refractivity contribution in [1.82, 2.24) is 10.6 Å². The third-order valence-electron chi connectivity index (χ3n) is 10.5. The van der Waals surface area contributed by atoms with Crippen molar-refractivity contribution >= 4 is 17.8 Å². The van der Waals surface area contributed by atoms with Crippen molar-refractivity contribution < 1.29 is 19.5 Å². The number of nitrogens with one attached hydrogen (secondary N) is 2. The van der Waals surface area contributed by atoms with Crippen molar-refractivity contribution in [3.63, 3.8) is 0 Å². The van der Waals surface area contributed by atoms with Crippen molar-refractivity contribution in [3.8, 4) is 47.4 Å². The Balaban J connectivity index is 3.67. The van der Waals surface area contributed by atoms with Crippen LogP contribution in [-0.4, -0.2) is 35.5 Å². The van der Waals surface area contributed by atoms with Crippen LogP contribution >= 0.6 is 0 Å². The third-order valence-corrected chi connectivity index (χ3v) is 10.5. The molecule has 6 nitrogen and oxygen atoms in total. The van der Waals surface area contributed by atoms with Gasteiger partial charge in [0.25, 0.3) is 0 Å². The molecule has 0 radical (unpaired) electrons. The molecule has 0 aliphatic rings. The molecule has 6 heteroatoms. The Labute approximate surface area is 358 Å². The van der Waals surface area contributed by atoms with Crippen LogP contribution in [0.5, 0.6) is 0 Å². The van der Waals surface area contributed by atoms with E-state index < -0.39 is 12.0 Å². The van der Waals surface area contributed by atoms with Crippen LogP contribution < -0.4 is 10.6 Å². The quantitative estimate of drug-likeness (QED) is 0.0431. The van der Waals surface area contributed by atoms with Gasteiger partial charge in [-0.15, -0.1) is 23.7 Å². The number of amides is 2. The molecular formula is C52H86N2O4. The lowest BCUT2D eigenvalue weighted by atomic mass is 10.1. The van der Waals surface area contributed by atoms with Crippen LogP contribution in [0.1, 0.15) is 251 Å². The summed E-state index contributed by atoms with van der Waals surface area (Å²) in [5, 5.41) is 15.2. The predicted octanol–water partition coefficient (Wildman–Crippen LogP) is 13.2. The second-order valence-corrected chi connectivity index (χ2v) is 16.1. The summed E-state index contributed by atoms with van der Waals surface area (Å²) >= 11 is 0. The number of carboxylic acid groups (broad SMARTS) is 1. The maximum absolute atomic E-state index is 12.4. The van der Waals surface area contributed by atoms with E-state index in [1.807, 2.05) is 0 Å². The summed E-state index contributed by atoms with van der Waals surface area (Å²) in [7, 11) is 0. The molecule has 0 aliphatic carbocycles. The molecule has 0 aromatic heterocycles. The van der Waals surface area contributed by atoms with Gasteiger partial charge in [-0.05, 0) is 57.8 Å². The standard InChI is InChI=1S/C52H86N2O4/c1-3-5-7-9-11-13-15-17-19-21-23-25-27-29-31-33-35-37-39-41-46-50(55)53-48-44-43-45-49(52(57)58)54-51(56)47-42-40-38-36-34-32-30-28-26-24-22-20-18-16-14-12-10-8-6-4-2/h49H,3-18,23-24,29-48H2,1-2H3,(H,53,55)(H,54,56)(H,57,58)/t49-/m0/s1. The SMILES string of the molecule is CCCCCCCCCC#CCC#CCCCCCCCCC(=O)NCCCC[C@H](NC(=O)CCCCCCCCC#CCC#CCCCCCCCCC)C(=O)O. The highest BCUT2D eigenvalue weighted by molar-refractivity contribution is 5.83. The van der Waals surface area contributed by atoms with E-state index in [9.17, 15) is 19.5 Å². The fraction of sp³-hybridized carbons (Fsp3) is 0.788. The minimum absolute atomic E-state index is 0.0580. The maximum Gasteiger partial charge on any atom is 0.326 e. The van der Waals surface area contributed by atoms with Gasteiger partial charge in [0, 0.05) is 45.1 Å². The molecule has 2 amide bonds. The molecule has 1 atom stereocenters. The summed E-state index contributed by atoms with van der Waals surface area (Å²) in [4.78, 5) is 36.3. The van der Waals surface area contributed by atoms with Crippen LogP contribution in [0.25, 0.3) is 0 Å². The van der Waals surface area contributed by atoms with E-state index in [0.29, 0.717) is 51.5 Å². The lowest BCUT2D eigenvalue weighted by Gasteiger charge is -2.14. The van der Waals surface area contributed by atoms with Crippen molar-refractivity contribution in [2.75, 3.05) is 6.54 Å². The number of rotatable bonds is 37. The van der Waals surface area contributed by atoms with Crippen LogP contribution in [-0.2, 0) is 14.4 Å². The van der Waals surface area contributed by atoms with E-state index in [2.05, 4.69) is 71.8 Å². The van der Waals surface area contributed by atoms with Crippen LogP contribution in [0.4, 0.5) is 0 Å². The minimum atomic E-state index is -1.00. The van der Waals surface area contributed by atoms with E-state index in [4.69, 9.17) is 0 Å². The van der Waals surface area contributed by atoms with Gasteiger partial charge >= 0.3 is 5.97 Å². The number of hydrogen-bond acceptors (Lipinski definition) is 3. The summed E-state index contributed by atoms with van der Waals surface area (Å²) < 4.78 is 0. The van der Waals surface area contributed by atoms with Crippen molar-refractivity contribution in [3.05, 3.63) is 0 Å². The van der Waals surface area contributed by atoms with Crippen molar-refractivity contribution in [1.29, 1.82) is 0 Å². The molecule has 0 rings (SSSR count). The van der Waals surface area contributed by atoms with Gasteiger partial charge in [-0.1, -0.05) is 166 Å². The molecule has 0 fully saturated rings. The molecule has 0 unspecified atom stereocenters. The van der Waals surface area contributed by atoms with E-state index >= 15 is 0 Å². The van der Waals surface area contributed by atoms with Gasteiger partial charge in [0.05, 0.1) is 12.8 Å². The second kappa shape index (κ2) is 46.3. The first-order chi connectivity index (χ1) is 28.5. The zero-order chi connectivity index (χ0) is 42.3. The molecule has 0 saturated heterocycles. The number of carbonyl (C=O) groups is 3. The van der Waals surface area contributed by atoms with Crippen LogP contribution in [0.15, 0.2) is 0 Å². The fourth-order valence-corrected chi connectivity index (χ4v) is 6.76. The summed E-state index contributed by atoms with van der Waals surface area (Å²) in [5.74, 6) is 24.6. The van der Waals surface area contributed by atoms with Gasteiger partial charge in [0.1, 0.15) is 6.04 Å². The highest BCUT2D eigenvalue weighted by Gasteiger charge is 2.19. The first-order valence-corrected chi connectivity index (χ1v) is 24.1. The summed E-state index contributed by atoms with van der Waals surface area (Å²) in [5.41, 5.74) is 0. The van der Waals surface area contributed by atoms with Crippen molar-refractivity contribution in [2.24, 2.45) is 0 Å². The molecule has 328 valence electrons. The Bertz CT molecular complexity index is 1240. The minimum Gasteiger partial charge on any atom is -0.480 e. The summed E-state index contributed by atoms with van der Waals surface area (Å²) in [6.07, 6.45) is 39.0. The average molecular weight is 803 g/mol. The Kier molecular flexibility index (Phi) is 43.7. The van der Waals surface area contributed by atoms with Crippen molar-refractivity contribution in [2.45, 2.75) is 257 Å². The molecular weight excluding hydrogens is 717 g/mol. The van der Waals surface area contributed by atoms with Gasteiger partial charge in [0.2, 0.25) is 11.8 Å². The van der Waals surface area contributed by atoms with Crippen LogP contribution in [0.3, 0.4) is 0 Å². The van der Waals surface area contributed by atoms with Gasteiger partial charge in [-0.2, -0.15) is 0 Å². The molecule has 0 aromatic carbocycles. The average Bonchev–Trinajstić information content (AvgIpc) is 3.21. The highest BCUT2D eigenvalue weighted by atomic mass is 16.4. The van der Waals surface area contributed by atoms with E-state index in [0.717, 1.165) is 89.9 Å². The fourth-order valence-electron chi connectivity index (χ4n) is 6.76. The summed E-state index contributed by atoms with van der Waals surface area (Å²) in [6, 6.07) is -0.879. The third kappa shape index (κ3) is 43.8. The molecule has 0 aromatic rings. The Hall–Kier alpha value is -3.35. The normalized spacial score (nSPS) is 10.8. The Morgan fingerprint density at radius 1 is 0.414 bits per heavy atom. The molecule has 0 saturated carbocycles. The lowest BCUT2D eigenvalue weighted by molar-refractivity contribution is -0.142. The molecule has 0 heterocycles. The Morgan fingerprint density at radius 3 is 1.14 bits per heavy atom. The maximum atomic E-state index is 12.4. The lowest BCUT2D eigenvalue weighted by Crippen LogP contribution is -2.40. The number of aliphatic carboxylic acids is 1. The smallest absolute Gasteiger partial charge is 0.326 e. The molecule has 58 heavy (non-hydrogen) atoms. The predicted molar refractivity (Wildman–Crippen MR) is 246 cm³/mol. The number of hydrogen-bond donors (Lipinski definition) is 3. The second-order valence-electron chi connectivity index (χ2n) is 16.1. The van der Waals surface area contributed by atoms with Gasteiger partial charge in [-0.3, -0.25) is 9.59 Å². The number of carbonyl (C=O) groups excluding carboxylic acids is 2. The van der Waals surface area contributed by atoms with Crippen LogP contribution in [0, 0.1) is 47.4 Å². The monoisotopic (exact) mass is 803 g/mol. The highest BCUT2D eigenvalue weighted by Crippen LogP contribution is 2.12. The first-order valence-electron chi connectivity index (χ1n) is 24.1. The number of carboxylic acids is 1. The van der Waals surface area contributed by atoms with Gasteiger partial charge in [-0.25, -0.2) is 4.79 Å². The first kappa shape index (κ1) is 54.6. The number of unbranched alkanes of at least 4 members (excludes halogenated alkanes) is 27. The van der Waals surface area contributed by atoms with E-state index in [1.54, 1.807) is 0 Å². The zero-order valence-corrected chi connectivity index (χ0v) is 37.6. The van der Waals surface area contributed by atoms with Gasteiger partial charge in [0.15, 0.2) is 0 Å². The van der Waals surface area contributed by atoms with Gasteiger partial charge < -0.3 is 15.7 Å². The topological polar surface area (TPSA) is 95.5 Å². The van der Waals surface area contributed by atoms with Crippen LogP contribution in [0.2, 0.25) is 0 Å². The van der Waals surface area contributed by atoms with E-state index in [1.165, 1.54) is 103 Å². The largest absolute Gasteiger partial charge is 0.480 e. The molecule has 0 bridgehead atoms. The molecule has 0 spiro atoms. The molecule has 0 aliphatic heterocycles.